The third-order valence-electron chi connectivity index (χ3n) is 5.02. The van der Waals surface area contributed by atoms with E-state index in [4.69, 9.17) is 11.5 Å². The summed E-state index contributed by atoms with van der Waals surface area (Å²) >= 11 is 0. The van der Waals surface area contributed by atoms with Crippen molar-refractivity contribution in [3.05, 3.63) is 0 Å². The first kappa shape index (κ1) is 9.64. The van der Waals surface area contributed by atoms with Gasteiger partial charge in [-0.15, -0.1) is 0 Å². The maximum absolute atomic E-state index is 11.2. The monoisotopic (exact) mass is 208 g/mol. The fraction of sp³-hybridized carbons (Fsp3) is 0.917. The van der Waals surface area contributed by atoms with Gasteiger partial charge in [-0.05, 0) is 55.3 Å². The molecule has 4 fully saturated rings. The molecule has 0 heterocycles. The van der Waals surface area contributed by atoms with Crippen LogP contribution in [0.15, 0.2) is 0 Å². The van der Waals surface area contributed by atoms with Crippen molar-refractivity contribution in [2.45, 2.75) is 44.6 Å². The lowest BCUT2D eigenvalue weighted by Gasteiger charge is -2.59. The standard InChI is InChI=1S/C12H20N2O/c13-10(15)6-12-3-7-1-8(4-12)11(14)9(2-7)5-12/h7-9,11H,1-6,14H2,(H2,13,15). The zero-order valence-electron chi connectivity index (χ0n) is 9.11. The fourth-order valence-electron chi connectivity index (χ4n) is 4.82. The maximum Gasteiger partial charge on any atom is 0.217 e. The molecule has 0 spiro atoms. The average Bonchev–Trinajstić information content (AvgIpc) is 2.10. The van der Waals surface area contributed by atoms with E-state index in [9.17, 15) is 4.79 Å². The van der Waals surface area contributed by atoms with Crippen molar-refractivity contribution < 1.29 is 4.79 Å². The Labute approximate surface area is 90.6 Å². The SMILES string of the molecule is NC(=O)CC12CC3CC(C1)C(N)C(C3)C2. The lowest BCUT2D eigenvalue weighted by atomic mass is 9.47. The molecule has 0 radical (unpaired) electrons. The van der Waals surface area contributed by atoms with E-state index in [1.807, 2.05) is 0 Å². The van der Waals surface area contributed by atoms with E-state index in [0.29, 0.717) is 24.3 Å². The number of carbonyl (C=O) groups excluding carboxylic acids is 1. The summed E-state index contributed by atoms with van der Waals surface area (Å²) in [6.07, 6.45) is 6.75. The summed E-state index contributed by atoms with van der Waals surface area (Å²) in [6, 6.07) is 0.405. The van der Waals surface area contributed by atoms with Crippen LogP contribution in [0, 0.1) is 23.2 Å². The molecule has 4 rings (SSSR count). The minimum atomic E-state index is -0.120. The van der Waals surface area contributed by atoms with Crippen molar-refractivity contribution in [1.29, 1.82) is 0 Å². The van der Waals surface area contributed by atoms with Crippen molar-refractivity contribution in [3.63, 3.8) is 0 Å². The highest BCUT2D eigenvalue weighted by molar-refractivity contribution is 5.74. The van der Waals surface area contributed by atoms with Crippen LogP contribution in [-0.2, 0) is 4.79 Å². The van der Waals surface area contributed by atoms with Gasteiger partial charge in [0.05, 0.1) is 0 Å². The summed E-state index contributed by atoms with van der Waals surface area (Å²) < 4.78 is 0. The van der Waals surface area contributed by atoms with Crippen LogP contribution in [0.2, 0.25) is 0 Å². The van der Waals surface area contributed by atoms with Crippen LogP contribution in [0.25, 0.3) is 0 Å². The van der Waals surface area contributed by atoms with E-state index in [-0.39, 0.29) is 11.3 Å². The number of amides is 1. The summed E-state index contributed by atoms with van der Waals surface area (Å²) in [6.45, 7) is 0. The number of primary amides is 1. The zero-order chi connectivity index (χ0) is 10.6. The van der Waals surface area contributed by atoms with Crippen LogP contribution < -0.4 is 11.5 Å². The normalized spacial score (nSPS) is 52.1. The molecule has 84 valence electrons. The average molecular weight is 208 g/mol. The third kappa shape index (κ3) is 1.40. The summed E-state index contributed by atoms with van der Waals surface area (Å²) in [7, 11) is 0. The van der Waals surface area contributed by atoms with Gasteiger partial charge in [-0.2, -0.15) is 0 Å². The maximum atomic E-state index is 11.2. The second-order valence-corrected chi connectivity index (χ2v) is 6.19. The Bertz CT molecular complexity index is 286. The highest BCUT2D eigenvalue weighted by atomic mass is 16.1. The molecule has 3 nitrogen and oxygen atoms in total. The molecule has 4 aliphatic rings. The van der Waals surface area contributed by atoms with Crippen molar-refractivity contribution in [1.82, 2.24) is 0 Å². The lowest BCUT2D eigenvalue weighted by Crippen LogP contribution is -2.57. The van der Waals surface area contributed by atoms with Crippen LogP contribution in [0.4, 0.5) is 0 Å². The molecule has 2 unspecified atom stereocenters. The predicted octanol–water partition coefficient (Wildman–Crippen LogP) is 1.02. The highest BCUT2D eigenvalue weighted by Gasteiger charge is 2.54. The summed E-state index contributed by atoms with van der Waals surface area (Å²) in [5, 5.41) is 0. The van der Waals surface area contributed by atoms with Crippen LogP contribution in [0.1, 0.15) is 38.5 Å². The van der Waals surface area contributed by atoms with Gasteiger partial charge in [-0.1, -0.05) is 0 Å². The quantitative estimate of drug-likeness (QED) is 0.711. The van der Waals surface area contributed by atoms with Gasteiger partial charge in [0.2, 0.25) is 5.91 Å². The molecule has 2 atom stereocenters. The molecule has 4 aliphatic carbocycles. The molecule has 0 saturated heterocycles. The van der Waals surface area contributed by atoms with Gasteiger partial charge in [-0.3, -0.25) is 4.79 Å². The summed E-state index contributed by atoms with van der Waals surface area (Å²) in [5.74, 6) is 2.07. The smallest absolute Gasteiger partial charge is 0.217 e. The molecule has 4 N–H and O–H groups in total. The third-order valence-corrected chi connectivity index (χ3v) is 5.02. The minimum absolute atomic E-state index is 0.120. The highest BCUT2D eigenvalue weighted by Crippen LogP contribution is 2.60. The first-order valence-corrected chi connectivity index (χ1v) is 6.12. The molecule has 3 heteroatoms. The van der Waals surface area contributed by atoms with E-state index in [0.717, 1.165) is 18.8 Å². The van der Waals surface area contributed by atoms with Gasteiger partial charge in [-0.25, -0.2) is 0 Å². The summed E-state index contributed by atoms with van der Waals surface area (Å²) in [5.41, 5.74) is 11.9. The molecule has 4 saturated carbocycles. The van der Waals surface area contributed by atoms with Crippen LogP contribution >= 0.6 is 0 Å². The second-order valence-electron chi connectivity index (χ2n) is 6.19. The molecular formula is C12H20N2O. The van der Waals surface area contributed by atoms with E-state index in [2.05, 4.69) is 0 Å². The molecule has 4 bridgehead atoms. The minimum Gasteiger partial charge on any atom is -0.370 e. The van der Waals surface area contributed by atoms with Gasteiger partial charge >= 0.3 is 0 Å². The topological polar surface area (TPSA) is 69.1 Å². The predicted molar refractivity (Wildman–Crippen MR) is 57.8 cm³/mol. The van der Waals surface area contributed by atoms with E-state index in [1.165, 1.54) is 19.3 Å². The first-order chi connectivity index (χ1) is 7.08. The Kier molecular flexibility index (Phi) is 1.91. The summed E-state index contributed by atoms with van der Waals surface area (Å²) in [4.78, 5) is 11.2. The molecule has 0 aromatic heterocycles. The largest absolute Gasteiger partial charge is 0.370 e. The Hall–Kier alpha value is -0.570. The van der Waals surface area contributed by atoms with Crippen molar-refractivity contribution >= 4 is 5.91 Å². The Balaban J connectivity index is 1.85. The van der Waals surface area contributed by atoms with Crippen LogP contribution in [-0.4, -0.2) is 11.9 Å². The van der Waals surface area contributed by atoms with E-state index >= 15 is 0 Å². The van der Waals surface area contributed by atoms with Crippen LogP contribution in [0.5, 0.6) is 0 Å². The fourth-order valence-corrected chi connectivity index (χ4v) is 4.82. The number of hydrogen-bond donors (Lipinski definition) is 2. The molecule has 0 aliphatic heterocycles. The van der Waals surface area contributed by atoms with Gasteiger partial charge in [0.1, 0.15) is 0 Å². The van der Waals surface area contributed by atoms with E-state index < -0.39 is 0 Å². The lowest BCUT2D eigenvalue weighted by molar-refractivity contribution is -0.127. The van der Waals surface area contributed by atoms with Gasteiger partial charge in [0.15, 0.2) is 0 Å². The Morgan fingerprint density at radius 3 is 2.33 bits per heavy atom. The number of hydrogen-bond acceptors (Lipinski definition) is 2. The van der Waals surface area contributed by atoms with Crippen molar-refractivity contribution in [3.8, 4) is 0 Å². The molecule has 15 heavy (non-hydrogen) atoms. The van der Waals surface area contributed by atoms with Crippen molar-refractivity contribution in [2.24, 2.45) is 34.6 Å². The molecular weight excluding hydrogens is 188 g/mol. The molecule has 1 amide bonds. The molecule has 0 aromatic carbocycles. The van der Waals surface area contributed by atoms with Crippen LogP contribution in [0.3, 0.4) is 0 Å². The first-order valence-electron chi connectivity index (χ1n) is 6.12. The number of carbonyl (C=O) groups is 1. The number of rotatable bonds is 2. The zero-order valence-corrected chi connectivity index (χ0v) is 9.11. The Morgan fingerprint density at radius 2 is 1.80 bits per heavy atom. The van der Waals surface area contributed by atoms with Gasteiger partial charge in [0, 0.05) is 12.5 Å². The van der Waals surface area contributed by atoms with Gasteiger partial charge < -0.3 is 11.5 Å². The van der Waals surface area contributed by atoms with Crippen molar-refractivity contribution in [2.75, 3.05) is 0 Å². The number of nitrogens with two attached hydrogens (primary N) is 2. The Morgan fingerprint density at radius 1 is 1.20 bits per heavy atom. The second kappa shape index (κ2) is 2.97. The van der Waals surface area contributed by atoms with Gasteiger partial charge in [0.25, 0.3) is 0 Å². The molecule has 0 aromatic rings. The van der Waals surface area contributed by atoms with E-state index in [1.54, 1.807) is 0 Å².